The predicted octanol–water partition coefficient (Wildman–Crippen LogP) is 1.65. The number of rotatable bonds is 2. The van der Waals surface area contributed by atoms with Gasteiger partial charge in [0.25, 0.3) is 11.8 Å². The molecule has 0 saturated carbocycles. The van der Waals surface area contributed by atoms with Gasteiger partial charge in [0.1, 0.15) is 0 Å². The van der Waals surface area contributed by atoms with Crippen molar-refractivity contribution in [2.24, 2.45) is 0 Å². The first-order chi connectivity index (χ1) is 9.56. The van der Waals surface area contributed by atoms with Gasteiger partial charge in [0, 0.05) is 16.8 Å². The lowest BCUT2D eigenvalue weighted by Crippen LogP contribution is -2.41. The molecule has 0 aliphatic heterocycles. The van der Waals surface area contributed by atoms with Gasteiger partial charge >= 0.3 is 0 Å². The highest BCUT2D eigenvalue weighted by atomic mass is 16.2. The van der Waals surface area contributed by atoms with Crippen molar-refractivity contribution in [3.63, 3.8) is 0 Å². The van der Waals surface area contributed by atoms with Gasteiger partial charge in [0.2, 0.25) is 0 Å². The van der Waals surface area contributed by atoms with E-state index in [1.807, 2.05) is 19.1 Å². The van der Waals surface area contributed by atoms with Crippen molar-refractivity contribution >= 4 is 17.5 Å². The first-order valence-electron chi connectivity index (χ1n) is 6.09. The van der Waals surface area contributed by atoms with Crippen LogP contribution < -0.4 is 16.6 Å². The van der Waals surface area contributed by atoms with E-state index < -0.39 is 5.91 Å². The van der Waals surface area contributed by atoms with Gasteiger partial charge in [-0.1, -0.05) is 17.7 Å². The van der Waals surface area contributed by atoms with Gasteiger partial charge in [-0.25, -0.2) is 0 Å². The quantitative estimate of drug-likeness (QED) is 0.572. The molecule has 2 aromatic carbocycles. The molecule has 5 nitrogen and oxygen atoms in total. The Morgan fingerprint density at radius 1 is 0.800 bits per heavy atom. The Hall–Kier alpha value is -2.82. The van der Waals surface area contributed by atoms with E-state index in [-0.39, 0.29) is 5.91 Å². The van der Waals surface area contributed by atoms with Crippen molar-refractivity contribution in [1.82, 2.24) is 10.9 Å². The number of hydrazine groups is 1. The molecule has 4 N–H and O–H groups in total. The molecular formula is C15H15N3O2. The minimum Gasteiger partial charge on any atom is -0.399 e. The Bertz CT molecular complexity index is 561. The molecule has 0 radical (unpaired) electrons. The predicted molar refractivity (Wildman–Crippen MR) is 77.0 cm³/mol. The highest BCUT2D eigenvalue weighted by Crippen LogP contribution is 2.05. The average molecular weight is 269 g/mol. The fraction of sp³-hybridized carbons (Fsp3) is 0.0667. The summed E-state index contributed by atoms with van der Waals surface area (Å²) in [7, 11) is 0. The number of amides is 2. The molecule has 5 heteroatoms. The Balaban J connectivity index is 1.94. The first-order valence-corrected chi connectivity index (χ1v) is 6.09. The molecule has 0 unspecified atom stereocenters. The number of hydrogen-bond donors (Lipinski definition) is 3. The van der Waals surface area contributed by atoms with Crippen LogP contribution in [0.1, 0.15) is 26.3 Å². The van der Waals surface area contributed by atoms with E-state index in [0.29, 0.717) is 16.8 Å². The molecule has 0 aliphatic rings. The third kappa shape index (κ3) is 3.35. The van der Waals surface area contributed by atoms with Crippen LogP contribution in [0.5, 0.6) is 0 Å². The average Bonchev–Trinajstić information content (AvgIpc) is 2.46. The molecule has 0 spiro atoms. The normalized spacial score (nSPS) is 9.85. The highest BCUT2D eigenvalue weighted by Gasteiger charge is 2.08. The van der Waals surface area contributed by atoms with Gasteiger partial charge in [0.05, 0.1) is 0 Å². The van der Waals surface area contributed by atoms with E-state index in [4.69, 9.17) is 5.73 Å². The maximum atomic E-state index is 11.8. The maximum absolute atomic E-state index is 11.8. The summed E-state index contributed by atoms with van der Waals surface area (Å²) in [6, 6.07) is 13.5. The fourth-order valence-corrected chi connectivity index (χ4v) is 1.60. The van der Waals surface area contributed by atoms with E-state index >= 15 is 0 Å². The molecule has 2 rings (SSSR count). The molecule has 0 atom stereocenters. The van der Waals surface area contributed by atoms with Crippen LogP contribution in [0, 0.1) is 6.92 Å². The summed E-state index contributed by atoms with van der Waals surface area (Å²) in [6.07, 6.45) is 0. The summed E-state index contributed by atoms with van der Waals surface area (Å²) in [4.78, 5) is 23.6. The van der Waals surface area contributed by atoms with Gasteiger partial charge in [-0.05, 0) is 43.3 Å². The number of nitrogens with one attached hydrogen (secondary N) is 2. The molecule has 0 saturated heterocycles. The smallest absolute Gasteiger partial charge is 0.269 e. The van der Waals surface area contributed by atoms with Crippen LogP contribution in [0.15, 0.2) is 48.5 Å². The molecule has 102 valence electrons. The molecule has 20 heavy (non-hydrogen) atoms. The van der Waals surface area contributed by atoms with Gasteiger partial charge in [-0.3, -0.25) is 20.4 Å². The number of nitrogens with two attached hydrogens (primary N) is 1. The molecule has 2 aromatic rings. The molecule has 0 bridgehead atoms. The van der Waals surface area contributed by atoms with Crippen molar-refractivity contribution in [1.29, 1.82) is 0 Å². The number of carbonyl (C=O) groups is 2. The van der Waals surface area contributed by atoms with Crippen LogP contribution in [0.3, 0.4) is 0 Å². The van der Waals surface area contributed by atoms with Crippen molar-refractivity contribution in [3.8, 4) is 0 Å². The number of hydrogen-bond acceptors (Lipinski definition) is 3. The maximum Gasteiger partial charge on any atom is 0.269 e. The van der Waals surface area contributed by atoms with Gasteiger partial charge in [-0.2, -0.15) is 0 Å². The second-order valence-electron chi connectivity index (χ2n) is 4.40. The van der Waals surface area contributed by atoms with Crippen LogP contribution in [-0.4, -0.2) is 11.8 Å². The lowest BCUT2D eigenvalue weighted by Gasteiger charge is -2.07. The minimum absolute atomic E-state index is 0.367. The van der Waals surface area contributed by atoms with E-state index in [1.165, 1.54) is 0 Å². The van der Waals surface area contributed by atoms with Gasteiger partial charge < -0.3 is 5.73 Å². The number of nitrogen functional groups attached to an aromatic ring is 1. The zero-order chi connectivity index (χ0) is 14.5. The summed E-state index contributed by atoms with van der Waals surface area (Å²) >= 11 is 0. The van der Waals surface area contributed by atoms with E-state index in [1.54, 1.807) is 36.4 Å². The molecule has 0 fully saturated rings. The number of benzene rings is 2. The SMILES string of the molecule is Cc1ccc(C(=O)NNC(=O)c2ccc(N)cc2)cc1. The lowest BCUT2D eigenvalue weighted by atomic mass is 10.1. The molecule has 0 aromatic heterocycles. The summed E-state index contributed by atoms with van der Waals surface area (Å²) < 4.78 is 0. The topological polar surface area (TPSA) is 84.2 Å². The van der Waals surface area contributed by atoms with E-state index in [0.717, 1.165) is 5.56 Å². The van der Waals surface area contributed by atoms with Crippen LogP contribution >= 0.6 is 0 Å². The Morgan fingerprint density at radius 3 is 1.65 bits per heavy atom. The van der Waals surface area contributed by atoms with Crippen LogP contribution in [-0.2, 0) is 0 Å². The van der Waals surface area contributed by atoms with Crippen molar-refractivity contribution < 1.29 is 9.59 Å². The second kappa shape index (κ2) is 5.88. The van der Waals surface area contributed by atoms with Crippen LogP contribution in [0.4, 0.5) is 5.69 Å². The third-order valence-corrected chi connectivity index (χ3v) is 2.78. The minimum atomic E-state index is -0.398. The largest absolute Gasteiger partial charge is 0.399 e. The second-order valence-corrected chi connectivity index (χ2v) is 4.40. The van der Waals surface area contributed by atoms with Crippen molar-refractivity contribution in [2.45, 2.75) is 6.92 Å². The van der Waals surface area contributed by atoms with Gasteiger partial charge in [-0.15, -0.1) is 0 Å². The van der Waals surface area contributed by atoms with E-state index in [9.17, 15) is 9.59 Å². The third-order valence-electron chi connectivity index (χ3n) is 2.78. The fourth-order valence-electron chi connectivity index (χ4n) is 1.60. The Morgan fingerprint density at radius 2 is 1.20 bits per heavy atom. The summed E-state index contributed by atoms with van der Waals surface area (Å²) in [5.41, 5.74) is 12.8. The highest BCUT2D eigenvalue weighted by molar-refractivity contribution is 5.99. The monoisotopic (exact) mass is 269 g/mol. The van der Waals surface area contributed by atoms with E-state index in [2.05, 4.69) is 10.9 Å². The van der Waals surface area contributed by atoms with Crippen molar-refractivity contribution in [2.75, 3.05) is 5.73 Å². The molecule has 0 heterocycles. The summed E-state index contributed by atoms with van der Waals surface area (Å²) in [5.74, 6) is -0.765. The summed E-state index contributed by atoms with van der Waals surface area (Å²) in [6.45, 7) is 1.94. The van der Waals surface area contributed by atoms with Crippen LogP contribution in [0.2, 0.25) is 0 Å². The van der Waals surface area contributed by atoms with Gasteiger partial charge in [0.15, 0.2) is 0 Å². The summed E-state index contributed by atoms with van der Waals surface area (Å²) in [5, 5.41) is 0. The molecule has 0 aliphatic carbocycles. The Labute approximate surface area is 116 Å². The van der Waals surface area contributed by atoms with Crippen molar-refractivity contribution in [3.05, 3.63) is 65.2 Å². The first kappa shape index (κ1) is 13.6. The number of carbonyl (C=O) groups excluding carboxylic acids is 2. The molecular weight excluding hydrogens is 254 g/mol. The zero-order valence-corrected chi connectivity index (χ0v) is 11.0. The number of anilines is 1. The zero-order valence-electron chi connectivity index (χ0n) is 11.0. The Kier molecular flexibility index (Phi) is 4.00. The lowest BCUT2D eigenvalue weighted by molar-refractivity contribution is 0.0846. The standard InChI is InChI=1S/C15H15N3O2/c1-10-2-4-11(5-3-10)14(19)17-18-15(20)12-6-8-13(16)9-7-12/h2-9H,16H2,1H3,(H,17,19)(H,18,20). The number of aryl methyl sites for hydroxylation is 1. The van der Waals surface area contributed by atoms with Crippen LogP contribution in [0.25, 0.3) is 0 Å². The molecule has 2 amide bonds.